The molecule has 4 rings (SSSR count). The maximum absolute atomic E-state index is 12.8. The molecule has 3 heterocycles. The zero-order valence-electron chi connectivity index (χ0n) is 16.3. The molecule has 1 aliphatic heterocycles. The first-order valence-electron chi connectivity index (χ1n) is 9.77. The monoisotopic (exact) mass is 411 g/mol. The number of thioether (sulfide) groups is 1. The standard InChI is InChI=1S/C22H25N3OS2/c1-15-10-16(2)13-25(12-15)21(26)14-28-22-18-7-3-4-8-19(18)23-20(24-22)11-17-6-5-9-27-17/h3-9,15-16H,10-14H2,1-2H3/t15-,16-/m0/s1. The van der Waals surface area contributed by atoms with Crippen molar-refractivity contribution >= 4 is 39.9 Å². The van der Waals surface area contributed by atoms with Crippen LogP contribution >= 0.6 is 23.1 Å². The summed E-state index contributed by atoms with van der Waals surface area (Å²) in [5, 5.41) is 4.00. The van der Waals surface area contributed by atoms with Crippen LogP contribution < -0.4 is 0 Å². The van der Waals surface area contributed by atoms with Crippen LogP contribution in [0.5, 0.6) is 0 Å². The van der Waals surface area contributed by atoms with Crippen LogP contribution in [0.1, 0.15) is 31.0 Å². The zero-order valence-corrected chi connectivity index (χ0v) is 17.9. The number of rotatable bonds is 5. The van der Waals surface area contributed by atoms with Gasteiger partial charge in [-0.15, -0.1) is 11.3 Å². The number of piperidine rings is 1. The average molecular weight is 412 g/mol. The van der Waals surface area contributed by atoms with E-state index >= 15 is 0 Å². The minimum atomic E-state index is 0.214. The van der Waals surface area contributed by atoms with Gasteiger partial charge < -0.3 is 4.90 Å². The first-order chi connectivity index (χ1) is 13.6. The number of benzene rings is 1. The second-order valence-electron chi connectivity index (χ2n) is 7.75. The number of amides is 1. The lowest BCUT2D eigenvalue weighted by atomic mass is 9.92. The van der Waals surface area contributed by atoms with Crippen LogP contribution in [0.4, 0.5) is 0 Å². The van der Waals surface area contributed by atoms with E-state index in [0.29, 0.717) is 17.6 Å². The van der Waals surface area contributed by atoms with Gasteiger partial charge in [0, 0.05) is 29.8 Å². The summed E-state index contributed by atoms with van der Waals surface area (Å²) < 4.78 is 0. The molecule has 2 aromatic heterocycles. The minimum absolute atomic E-state index is 0.214. The molecular formula is C22H25N3OS2. The topological polar surface area (TPSA) is 46.1 Å². The fraction of sp³-hybridized carbons (Fsp3) is 0.409. The van der Waals surface area contributed by atoms with Crippen molar-refractivity contribution in [3.8, 4) is 0 Å². The Morgan fingerprint density at radius 2 is 1.93 bits per heavy atom. The SMILES string of the molecule is C[C@H]1C[C@H](C)CN(C(=O)CSc2nc(Cc3cccs3)nc3ccccc23)C1. The third-order valence-corrected chi connectivity index (χ3v) is 6.93. The highest BCUT2D eigenvalue weighted by molar-refractivity contribution is 8.00. The van der Waals surface area contributed by atoms with Gasteiger partial charge in [0.05, 0.1) is 11.3 Å². The number of carbonyl (C=O) groups excluding carboxylic acids is 1. The third-order valence-electron chi connectivity index (χ3n) is 5.08. The fourth-order valence-corrected chi connectivity index (χ4v) is 5.58. The number of hydrogen-bond donors (Lipinski definition) is 0. The van der Waals surface area contributed by atoms with E-state index in [1.54, 1.807) is 23.1 Å². The Hall–Kier alpha value is -1.92. The molecule has 2 atom stereocenters. The molecule has 0 saturated carbocycles. The first-order valence-corrected chi connectivity index (χ1v) is 11.6. The van der Waals surface area contributed by atoms with E-state index in [2.05, 4.69) is 31.4 Å². The summed E-state index contributed by atoms with van der Waals surface area (Å²) in [5.41, 5.74) is 0.944. The van der Waals surface area contributed by atoms with E-state index < -0.39 is 0 Å². The van der Waals surface area contributed by atoms with E-state index in [9.17, 15) is 4.79 Å². The van der Waals surface area contributed by atoms with Crippen LogP contribution in [0.25, 0.3) is 10.9 Å². The molecule has 1 fully saturated rings. The molecule has 1 amide bonds. The number of nitrogens with zero attached hydrogens (tertiary/aromatic N) is 3. The van der Waals surface area contributed by atoms with E-state index in [1.807, 2.05) is 29.2 Å². The van der Waals surface area contributed by atoms with E-state index in [0.717, 1.165) is 41.3 Å². The molecular weight excluding hydrogens is 386 g/mol. The highest BCUT2D eigenvalue weighted by Crippen LogP contribution is 2.28. The summed E-state index contributed by atoms with van der Waals surface area (Å²) in [5.74, 6) is 2.62. The summed E-state index contributed by atoms with van der Waals surface area (Å²) in [6, 6.07) is 12.2. The Bertz CT molecular complexity index is 948. The fourth-order valence-electron chi connectivity index (χ4n) is 3.94. The second kappa shape index (κ2) is 8.62. The predicted molar refractivity (Wildman–Crippen MR) is 117 cm³/mol. The van der Waals surface area contributed by atoms with Gasteiger partial charge in [-0.2, -0.15) is 0 Å². The van der Waals surface area contributed by atoms with Crippen molar-refractivity contribution in [2.45, 2.75) is 31.7 Å². The maximum atomic E-state index is 12.8. The van der Waals surface area contributed by atoms with Gasteiger partial charge in [-0.25, -0.2) is 9.97 Å². The van der Waals surface area contributed by atoms with Crippen molar-refractivity contribution in [2.75, 3.05) is 18.8 Å². The molecule has 0 aliphatic carbocycles. The van der Waals surface area contributed by atoms with Gasteiger partial charge in [-0.05, 0) is 35.8 Å². The number of carbonyl (C=O) groups is 1. The van der Waals surface area contributed by atoms with Crippen LogP contribution in [-0.2, 0) is 11.2 Å². The Labute approximate surface area is 174 Å². The van der Waals surface area contributed by atoms with Crippen molar-refractivity contribution in [2.24, 2.45) is 11.8 Å². The molecule has 0 radical (unpaired) electrons. The second-order valence-corrected chi connectivity index (χ2v) is 9.75. The predicted octanol–water partition coefficient (Wildman–Crippen LogP) is 4.88. The lowest BCUT2D eigenvalue weighted by Crippen LogP contribution is -2.43. The number of hydrogen-bond acceptors (Lipinski definition) is 5. The van der Waals surface area contributed by atoms with Crippen LogP contribution in [0, 0.1) is 11.8 Å². The van der Waals surface area contributed by atoms with Crippen molar-refractivity contribution in [1.29, 1.82) is 0 Å². The lowest BCUT2D eigenvalue weighted by molar-refractivity contribution is -0.130. The van der Waals surface area contributed by atoms with E-state index in [1.165, 1.54) is 11.3 Å². The quantitative estimate of drug-likeness (QED) is 0.443. The Morgan fingerprint density at radius 1 is 1.14 bits per heavy atom. The van der Waals surface area contributed by atoms with Gasteiger partial charge in [0.15, 0.2) is 0 Å². The molecule has 0 bridgehead atoms. The molecule has 146 valence electrons. The summed E-state index contributed by atoms with van der Waals surface area (Å²) in [6.07, 6.45) is 1.94. The van der Waals surface area contributed by atoms with E-state index in [-0.39, 0.29) is 5.91 Å². The normalized spacial score (nSPS) is 19.9. The van der Waals surface area contributed by atoms with Gasteiger partial charge in [-0.1, -0.05) is 49.9 Å². The van der Waals surface area contributed by atoms with Gasteiger partial charge in [0.25, 0.3) is 0 Å². The molecule has 1 aliphatic rings. The van der Waals surface area contributed by atoms with Crippen molar-refractivity contribution in [3.05, 3.63) is 52.5 Å². The summed E-state index contributed by atoms with van der Waals surface area (Å²) >= 11 is 3.26. The van der Waals surface area contributed by atoms with Crippen LogP contribution in [0.15, 0.2) is 46.8 Å². The van der Waals surface area contributed by atoms with Crippen molar-refractivity contribution in [3.63, 3.8) is 0 Å². The molecule has 1 aromatic carbocycles. The Balaban J connectivity index is 1.53. The third kappa shape index (κ3) is 4.55. The van der Waals surface area contributed by atoms with Gasteiger partial charge in [0.2, 0.25) is 5.91 Å². The molecule has 4 nitrogen and oxygen atoms in total. The highest BCUT2D eigenvalue weighted by atomic mass is 32.2. The Morgan fingerprint density at radius 3 is 2.68 bits per heavy atom. The lowest BCUT2D eigenvalue weighted by Gasteiger charge is -2.35. The molecule has 0 unspecified atom stereocenters. The van der Waals surface area contributed by atoms with Crippen LogP contribution in [0.3, 0.4) is 0 Å². The van der Waals surface area contributed by atoms with Gasteiger partial charge in [-0.3, -0.25) is 4.79 Å². The number of thiophene rings is 1. The maximum Gasteiger partial charge on any atom is 0.233 e. The average Bonchev–Trinajstić information content (AvgIpc) is 3.18. The number of aromatic nitrogens is 2. The van der Waals surface area contributed by atoms with Crippen molar-refractivity contribution in [1.82, 2.24) is 14.9 Å². The summed E-state index contributed by atoms with van der Waals surface area (Å²) in [4.78, 5) is 25.6. The minimum Gasteiger partial charge on any atom is -0.341 e. The molecule has 0 spiro atoms. The molecule has 1 saturated heterocycles. The van der Waals surface area contributed by atoms with Crippen LogP contribution in [-0.4, -0.2) is 39.6 Å². The Kier molecular flexibility index (Phi) is 5.97. The summed E-state index contributed by atoms with van der Waals surface area (Å²) in [6.45, 7) is 6.21. The smallest absolute Gasteiger partial charge is 0.233 e. The first kappa shape index (κ1) is 19.4. The van der Waals surface area contributed by atoms with Crippen molar-refractivity contribution < 1.29 is 4.79 Å². The molecule has 6 heteroatoms. The largest absolute Gasteiger partial charge is 0.341 e. The molecule has 28 heavy (non-hydrogen) atoms. The van der Waals surface area contributed by atoms with E-state index in [4.69, 9.17) is 9.97 Å². The number of fused-ring (bicyclic) bond motifs is 1. The zero-order chi connectivity index (χ0) is 19.5. The van der Waals surface area contributed by atoms with Crippen LogP contribution in [0.2, 0.25) is 0 Å². The number of likely N-dealkylation sites (tertiary alicyclic amines) is 1. The van der Waals surface area contributed by atoms with Gasteiger partial charge >= 0.3 is 0 Å². The molecule has 0 N–H and O–H groups in total. The molecule has 3 aromatic rings. The number of para-hydroxylation sites is 1. The summed E-state index contributed by atoms with van der Waals surface area (Å²) in [7, 11) is 0. The highest BCUT2D eigenvalue weighted by Gasteiger charge is 2.25. The van der Waals surface area contributed by atoms with Gasteiger partial charge in [0.1, 0.15) is 10.9 Å².